The van der Waals surface area contributed by atoms with Gasteiger partial charge in [-0.15, -0.1) is 11.8 Å². The molecule has 22 heavy (non-hydrogen) atoms. The summed E-state index contributed by atoms with van der Waals surface area (Å²) in [5.74, 6) is 0.994. The molecule has 2 fully saturated rings. The topological polar surface area (TPSA) is 58.6 Å². The molecule has 2 saturated heterocycles. The molecule has 2 amide bonds. The van der Waals surface area contributed by atoms with E-state index in [4.69, 9.17) is 16.3 Å². The van der Waals surface area contributed by atoms with E-state index in [1.165, 1.54) is 7.11 Å². The Balaban J connectivity index is 1.81. The Morgan fingerprint density at radius 2 is 2.32 bits per heavy atom. The molecule has 0 saturated carbocycles. The summed E-state index contributed by atoms with van der Waals surface area (Å²) in [6, 6.07) is 4.59. The lowest BCUT2D eigenvalue weighted by molar-refractivity contribution is -0.135. The summed E-state index contributed by atoms with van der Waals surface area (Å²) in [5.41, 5.74) is 0.519. The van der Waals surface area contributed by atoms with Crippen molar-refractivity contribution in [3.63, 3.8) is 0 Å². The van der Waals surface area contributed by atoms with Gasteiger partial charge in [0.15, 0.2) is 0 Å². The van der Waals surface area contributed by atoms with Crippen LogP contribution in [0.25, 0.3) is 0 Å². The molecular weight excluding hydrogens is 324 g/mol. The fourth-order valence-electron chi connectivity index (χ4n) is 3.01. The summed E-state index contributed by atoms with van der Waals surface area (Å²) in [6.07, 6.45) is 1.30. The highest BCUT2D eigenvalue weighted by molar-refractivity contribution is 8.01. The largest absolute Gasteiger partial charge is 0.495 e. The number of nitrogens with one attached hydrogen (secondary N) is 1. The SMILES string of the molecule is COc1ccc(Cl)cc1NC(=O)[C@H]1CS[C@@]2(C)CCC(=O)N12. The quantitative estimate of drug-likeness (QED) is 0.919. The predicted octanol–water partition coefficient (Wildman–Crippen LogP) is 2.74. The van der Waals surface area contributed by atoms with E-state index in [1.807, 2.05) is 6.92 Å². The van der Waals surface area contributed by atoms with Crippen LogP contribution in [-0.2, 0) is 9.59 Å². The zero-order valence-corrected chi connectivity index (χ0v) is 14.0. The van der Waals surface area contributed by atoms with Crippen LogP contribution in [0.1, 0.15) is 19.8 Å². The summed E-state index contributed by atoms with van der Waals surface area (Å²) in [6.45, 7) is 2.02. The molecule has 0 aromatic heterocycles. The number of methoxy groups -OCH3 is 1. The van der Waals surface area contributed by atoms with Crippen molar-refractivity contribution in [1.29, 1.82) is 0 Å². The predicted molar refractivity (Wildman–Crippen MR) is 87.4 cm³/mol. The van der Waals surface area contributed by atoms with Gasteiger partial charge in [-0.2, -0.15) is 0 Å². The molecule has 1 N–H and O–H groups in total. The fourth-order valence-corrected chi connectivity index (χ4v) is 4.61. The van der Waals surface area contributed by atoms with Crippen molar-refractivity contribution in [3.05, 3.63) is 23.2 Å². The van der Waals surface area contributed by atoms with Gasteiger partial charge in [0.2, 0.25) is 11.8 Å². The van der Waals surface area contributed by atoms with Gasteiger partial charge in [0.05, 0.1) is 17.7 Å². The maximum Gasteiger partial charge on any atom is 0.248 e. The summed E-state index contributed by atoms with van der Waals surface area (Å²) in [4.78, 5) is 26.2. The molecule has 2 atom stereocenters. The number of ether oxygens (including phenoxy) is 1. The lowest BCUT2D eigenvalue weighted by Crippen LogP contribution is -2.48. The second-order valence-corrected chi connectivity index (χ2v) is 7.54. The molecule has 0 aliphatic carbocycles. The number of hydrogen-bond donors (Lipinski definition) is 1. The third kappa shape index (κ3) is 2.54. The van der Waals surface area contributed by atoms with Gasteiger partial charge in [-0.25, -0.2) is 0 Å². The molecule has 2 aliphatic heterocycles. The van der Waals surface area contributed by atoms with Crippen molar-refractivity contribution in [2.45, 2.75) is 30.7 Å². The van der Waals surface area contributed by atoms with Gasteiger partial charge in [-0.05, 0) is 31.5 Å². The summed E-state index contributed by atoms with van der Waals surface area (Å²) < 4.78 is 5.23. The first-order valence-corrected chi connectivity index (χ1v) is 8.41. The van der Waals surface area contributed by atoms with Gasteiger partial charge >= 0.3 is 0 Å². The van der Waals surface area contributed by atoms with Crippen molar-refractivity contribution < 1.29 is 14.3 Å². The first-order valence-electron chi connectivity index (χ1n) is 7.05. The number of nitrogens with zero attached hydrogens (tertiary/aromatic N) is 1. The smallest absolute Gasteiger partial charge is 0.248 e. The van der Waals surface area contributed by atoms with E-state index < -0.39 is 6.04 Å². The minimum atomic E-state index is -0.450. The summed E-state index contributed by atoms with van der Waals surface area (Å²) in [7, 11) is 1.53. The van der Waals surface area contributed by atoms with E-state index in [-0.39, 0.29) is 16.7 Å². The highest BCUT2D eigenvalue weighted by Crippen LogP contribution is 2.47. The number of anilines is 1. The van der Waals surface area contributed by atoms with Crippen LogP contribution in [0.4, 0.5) is 5.69 Å². The number of halogens is 1. The number of fused-ring (bicyclic) bond motifs is 1. The molecule has 0 unspecified atom stereocenters. The van der Waals surface area contributed by atoms with E-state index >= 15 is 0 Å². The minimum absolute atomic E-state index is 0.0470. The van der Waals surface area contributed by atoms with Gasteiger partial charge in [0.25, 0.3) is 0 Å². The van der Waals surface area contributed by atoms with Crippen LogP contribution in [0.5, 0.6) is 5.75 Å². The second-order valence-electron chi connectivity index (χ2n) is 5.60. The zero-order chi connectivity index (χ0) is 15.9. The second kappa shape index (κ2) is 5.66. The zero-order valence-electron chi connectivity index (χ0n) is 12.4. The average Bonchev–Trinajstić information content (AvgIpc) is 2.96. The van der Waals surface area contributed by atoms with Gasteiger partial charge in [0.1, 0.15) is 11.8 Å². The number of amides is 2. The maximum absolute atomic E-state index is 12.6. The fraction of sp³-hybridized carbons (Fsp3) is 0.467. The monoisotopic (exact) mass is 340 g/mol. The van der Waals surface area contributed by atoms with E-state index in [2.05, 4.69) is 5.32 Å². The van der Waals surface area contributed by atoms with Crippen LogP contribution < -0.4 is 10.1 Å². The highest BCUT2D eigenvalue weighted by Gasteiger charge is 2.52. The van der Waals surface area contributed by atoms with Crippen molar-refractivity contribution in [1.82, 2.24) is 4.90 Å². The van der Waals surface area contributed by atoms with Crippen LogP contribution in [0, 0.1) is 0 Å². The van der Waals surface area contributed by atoms with E-state index in [9.17, 15) is 9.59 Å². The number of carbonyl (C=O) groups is 2. The molecule has 0 radical (unpaired) electrons. The van der Waals surface area contributed by atoms with Gasteiger partial charge in [-0.3, -0.25) is 9.59 Å². The lowest BCUT2D eigenvalue weighted by Gasteiger charge is -2.30. The molecule has 3 rings (SSSR count). The Kier molecular flexibility index (Phi) is 3.99. The normalized spacial score (nSPS) is 27.0. The molecule has 5 nitrogen and oxygen atoms in total. The van der Waals surface area contributed by atoms with Crippen LogP contribution >= 0.6 is 23.4 Å². The van der Waals surface area contributed by atoms with Crippen molar-refractivity contribution in [3.8, 4) is 5.75 Å². The first-order chi connectivity index (χ1) is 10.4. The Bertz CT molecular complexity index is 639. The first kappa shape index (κ1) is 15.5. The molecule has 2 heterocycles. The molecule has 1 aromatic rings. The average molecular weight is 341 g/mol. The Hall–Kier alpha value is -1.40. The third-order valence-electron chi connectivity index (χ3n) is 4.17. The Labute approximate surface area is 138 Å². The number of hydrogen-bond acceptors (Lipinski definition) is 4. The molecule has 0 bridgehead atoms. The molecule has 118 valence electrons. The Morgan fingerprint density at radius 1 is 1.55 bits per heavy atom. The van der Waals surface area contributed by atoms with Gasteiger partial charge in [-0.1, -0.05) is 11.6 Å². The van der Waals surface area contributed by atoms with E-state index in [0.717, 1.165) is 6.42 Å². The summed E-state index contributed by atoms with van der Waals surface area (Å²) >= 11 is 7.64. The van der Waals surface area contributed by atoms with Gasteiger partial charge in [0, 0.05) is 17.2 Å². The number of carbonyl (C=O) groups excluding carboxylic acids is 2. The van der Waals surface area contributed by atoms with Crippen molar-refractivity contribution in [2.24, 2.45) is 0 Å². The molecule has 0 spiro atoms. The highest BCUT2D eigenvalue weighted by atomic mass is 35.5. The third-order valence-corrected chi connectivity index (χ3v) is 5.91. The number of rotatable bonds is 3. The number of benzene rings is 1. The Morgan fingerprint density at radius 3 is 3.05 bits per heavy atom. The molecule has 1 aromatic carbocycles. The van der Waals surface area contributed by atoms with Crippen LogP contribution in [0.2, 0.25) is 5.02 Å². The molecule has 2 aliphatic rings. The lowest BCUT2D eigenvalue weighted by atomic mass is 10.2. The van der Waals surface area contributed by atoms with Crippen molar-refractivity contribution >= 4 is 40.9 Å². The van der Waals surface area contributed by atoms with Crippen LogP contribution in [0.3, 0.4) is 0 Å². The standard InChI is InChI=1S/C15H17ClN2O3S/c1-15-6-5-13(19)18(15)11(8-22-15)14(20)17-10-7-9(16)3-4-12(10)21-2/h3-4,7,11H,5-6,8H2,1-2H3,(H,17,20)/t11-,15+/m1/s1. The molecular formula is C15H17ClN2O3S. The van der Waals surface area contributed by atoms with E-state index in [1.54, 1.807) is 34.9 Å². The van der Waals surface area contributed by atoms with E-state index in [0.29, 0.717) is 28.6 Å². The number of thioether (sulfide) groups is 1. The minimum Gasteiger partial charge on any atom is -0.495 e. The maximum atomic E-state index is 12.6. The molecule has 7 heteroatoms. The summed E-state index contributed by atoms with van der Waals surface area (Å²) in [5, 5.41) is 3.35. The van der Waals surface area contributed by atoms with Crippen LogP contribution in [-0.4, -0.2) is 40.5 Å². The van der Waals surface area contributed by atoms with Crippen LogP contribution in [0.15, 0.2) is 18.2 Å². The van der Waals surface area contributed by atoms with Gasteiger partial charge < -0.3 is 15.0 Å². The van der Waals surface area contributed by atoms with Crippen molar-refractivity contribution in [2.75, 3.05) is 18.2 Å².